The number of benzene rings is 2. The van der Waals surface area contributed by atoms with Crippen LogP contribution in [0, 0.1) is 20.8 Å². The highest BCUT2D eigenvalue weighted by atomic mass is 32.2. The molecule has 0 bridgehead atoms. The maximum Gasteiger partial charge on any atom is 0.0348 e. The van der Waals surface area contributed by atoms with Gasteiger partial charge in [-0.1, -0.05) is 35.5 Å². The minimum absolute atomic E-state index is 1.16. The lowest BCUT2D eigenvalue weighted by molar-refractivity contribution is 1.18. The quantitative estimate of drug-likeness (QED) is 0.847. The van der Waals surface area contributed by atoms with Crippen molar-refractivity contribution in [1.29, 1.82) is 0 Å². The molecule has 2 aromatic rings. The molecule has 0 amide bonds. The van der Waals surface area contributed by atoms with Crippen molar-refractivity contribution in [2.45, 2.75) is 30.6 Å². The van der Waals surface area contributed by atoms with E-state index in [1.165, 1.54) is 26.5 Å². The Morgan fingerprint density at radius 1 is 0.944 bits per heavy atom. The molecule has 0 aromatic heterocycles. The summed E-state index contributed by atoms with van der Waals surface area (Å²) >= 11 is 1.84. The fourth-order valence-corrected chi connectivity index (χ4v) is 3.17. The second kappa shape index (κ2) is 5.49. The maximum absolute atomic E-state index is 3.18. The van der Waals surface area contributed by atoms with E-state index in [1.54, 1.807) is 0 Å². The van der Waals surface area contributed by atoms with Gasteiger partial charge in [-0.2, -0.15) is 0 Å². The Kier molecular flexibility index (Phi) is 3.97. The van der Waals surface area contributed by atoms with Gasteiger partial charge in [-0.15, -0.1) is 0 Å². The Morgan fingerprint density at radius 3 is 2.22 bits per heavy atom. The number of rotatable bonds is 3. The maximum atomic E-state index is 3.18. The summed E-state index contributed by atoms with van der Waals surface area (Å²) in [5.74, 6) is 0. The molecule has 0 radical (unpaired) electrons. The average molecular weight is 257 g/mol. The van der Waals surface area contributed by atoms with E-state index in [1.807, 2.05) is 18.8 Å². The molecule has 0 unspecified atom stereocenters. The summed E-state index contributed by atoms with van der Waals surface area (Å²) in [4.78, 5) is 2.64. The van der Waals surface area contributed by atoms with E-state index < -0.39 is 0 Å². The van der Waals surface area contributed by atoms with Crippen molar-refractivity contribution in [3.05, 3.63) is 53.1 Å². The van der Waals surface area contributed by atoms with Crippen LogP contribution in [0.3, 0.4) is 0 Å². The van der Waals surface area contributed by atoms with Crippen LogP contribution >= 0.6 is 11.8 Å². The summed E-state index contributed by atoms with van der Waals surface area (Å²) in [6.45, 7) is 6.52. The largest absolute Gasteiger partial charge is 0.388 e. The molecule has 18 heavy (non-hydrogen) atoms. The molecule has 0 spiro atoms. The van der Waals surface area contributed by atoms with Crippen LogP contribution in [0.4, 0.5) is 5.69 Å². The third-order valence-electron chi connectivity index (χ3n) is 2.95. The zero-order valence-electron chi connectivity index (χ0n) is 11.4. The molecule has 0 saturated heterocycles. The molecule has 0 heterocycles. The van der Waals surface area contributed by atoms with Gasteiger partial charge in [0.15, 0.2) is 0 Å². The van der Waals surface area contributed by atoms with Gasteiger partial charge >= 0.3 is 0 Å². The normalized spacial score (nSPS) is 10.4. The van der Waals surface area contributed by atoms with Crippen molar-refractivity contribution in [3.8, 4) is 0 Å². The molecular weight excluding hydrogens is 238 g/mol. The van der Waals surface area contributed by atoms with Gasteiger partial charge in [-0.25, -0.2) is 0 Å². The monoisotopic (exact) mass is 257 g/mol. The number of hydrogen-bond acceptors (Lipinski definition) is 2. The van der Waals surface area contributed by atoms with Gasteiger partial charge in [0, 0.05) is 22.5 Å². The van der Waals surface area contributed by atoms with Crippen LogP contribution in [-0.4, -0.2) is 7.05 Å². The predicted octanol–water partition coefficient (Wildman–Crippen LogP) is 4.80. The first-order valence-electron chi connectivity index (χ1n) is 6.13. The lowest BCUT2D eigenvalue weighted by Crippen LogP contribution is -1.89. The summed E-state index contributed by atoms with van der Waals surface area (Å²) in [6, 6.07) is 13.0. The summed E-state index contributed by atoms with van der Waals surface area (Å²) < 4.78 is 0. The van der Waals surface area contributed by atoms with Gasteiger partial charge in [-0.3, -0.25) is 0 Å². The standard InChI is InChI=1S/C16H19NS/c1-11-8-12(2)16(13(3)9-11)18-15-7-5-6-14(10-15)17-4/h5-10,17H,1-4H3. The van der Waals surface area contributed by atoms with Gasteiger partial charge in [-0.05, 0) is 50.1 Å². The highest BCUT2D eigenvalue weighted by Crippen LogP contribution is 2.34. The summed E-state index contributed by atoms with van der Waals surface area (Å²) in [5, 5.41) is 3.18. The summed E-state index contributed by atoms with van der Waals surface area (Å²) in [7, 11) is 1.95. The fourth-order valence-electron chi connectivity index (χ4n) is 2.16. The lowest BCUT2D eigenvalue weighted by Gasteiger charge is -2.11. The van der Waals surface area contributed by atoms with Gasteiger partial charge in [0.05, 0.1) is 0 Å². The number of aryl methyl sites for hydroxylation is 3. The van der Waals surface area contributed by atoms with Crippen LogP contribution in [0.2, 0.25) is 0 Å². The Hall–Kier alpha value is -1.41. The van der Waals surface area contributed by atoms with Crippen LogP contribution in [0.15, 0.2) is 46.2 Å². The first-order valence-corrected chi connectivity index (χ1v) is 6.95. The third kappa shape index (κ3) is 2.88. The Balaban J connectivity index is 2.33. The molecule has 0 aliphatic rings. The Bertz CT molecular complexity index is 538. The molecule has 0 aliphatic heterocycles. The zero-order valence-corrected chi connectivity index (χ0v) is 12.2. The smallest absolute Gasteiger partial charge is 0.0348 e. The molecule has 2 aromatic carbocycles. The van der Waals surface area contributed by atoms with Crippen LogP contribution in [-0.2, 0) is 0 Å². The van der Waals surface area contributed by atoms with Crippen molar-refractivity contribution in [3.63, 3.8) is 0 Å². The van der Waals surface area contributed by atoms with Gasteiger partial charge in [0.2, 0.25) is 0 Å². The first kappa shape index (κ1) is 13.0. The van der Waals surface area contributed by atoms with E-state index in [0.29, 0.717) is 0 Å². The summed E-state index contributed by atoms with van der Waals surface area (Å²) in [6.07, 6.45) is 0. The number of hydrogen-bond donors (Lipinski definition) is 1. The number of nitrogens with one attached hydrogen (secondary N) is 1. The number of anilines is 1. The highest BCUT2D eigenvalue weighted by Gasteiger charge is 2.06. The summed E-state index contributed by atoms with van der Waals surface area (Å²) in [5.41, 5.74) is 5.19. The van der Waals surface area contributed by atoms with E-state index in [4.69, 9.17) is 0 Å². The Labute approximate surface area is 114 Å². The molecule has 0 aliphatic carbocycles. The molecule has 0 saturated carbocycles. The second-order valence-electron chi connectivity index (χ2n) is 4.61. The van der Waals surface area contributed by atoms with Gasteiger partial charge in [0.1, 0.15) is 0 Å². The van der Waals surface area contributed by atoms with Gasteiger partial charge in [0.25, 0.3) is 0 Å². The van der Waals surface area contributed by atoms with Crippen molar-refractivity contribution in [2.75, 3.05) is 12.4 Å². The second-order valence-corrected chi connectivity index (χ2v) is 5.69. The van der Waals surface area contributed by atoms with E-state index in [2.05, 4.69) is 62.5 Å². The molecule has 1 N–H and O–H groups in total. The first-order chi connectivity index (χ1) is 8.60. The minimum atomic E-state index is 1.16. The topological polar surface area (TPSA) is 12.0 Å². The van der Waals surface area contributed by atoms with Crippen LogP contribution < -0.4 is 5.32 Å². The fraction of sp³-hybridized carbons (Fsp3) is 0.250. The molecule has 94 valence electrons. The minimum Gasteiger partial charge on any atom is -0.388 e. The average Bonchev–Trinajstić information content (AvgIpc) is 2.34. The van der Waals surface area contributed by atoms with Crippen LogP contribution in [0.25, 0.3) is 0 Å². The van der Waals surface area contributed by atoms with E-state index in [9.17, 15) is 0 Å². The van der Waals surface area contributed by atoms with Crippen molar-refractivity contribution < 1.29 is 0 Å². The lowest BCUT2D eigenvalue weighted by atomic mass is 10.1. The van der Waals surface area contributed by atoms with Crippen molar-refractivity contribution >= 4 is 17.4 Å². The molecule has 0 atom stereocenters. The van der Waals surface area contributed by atoms with Crippen molar-refractivity contribution in [1.82, 2.24) is 0 Å². The van der Waals surface area contributed by atoms with E-state index in [0.717, 1.165) is 5.69 Å². The SMILES string of the molecule is CNc1cccc(Sc2c(C)cc(C)cc2C)c1. The third-order valence-corrected chi connectivity index (χ3v) is 4.29. The Morgan fingerprint density at radius 2 is 1.61 bits per heavy atom. The predicted molar refractivity (Wildman–Crippen MR) is 80.8 cm³/mol. The zero-order chi connectivity index (χ0) is 13.1. The molecular formula is C16H19NS. The molecule has 0 fully saturated rings. The van der Waals surface area contributed by atoms with E-state index >= 15 is 0 Å². The molecule has 2 heteroatoms. The highest BCUT2D eigenvalue weighted by molar-refractivity contribution is 7.99. The van der Waals surface area contributed by atoms with Crippen LogP contribution in [0.5, 0.6) is 0 Å². The van der Waals surface area contributed by atoms with E-state index in [-0.39, 0.29) is 0 Å². The van der Waals surface area contributed by atoms with Crippen molar-refractivity contribution in [2.24, 2.45) is 0 Å². The molecule has 2 rings (SSSR count). The van der Waals surface area contributed by atoms with Gasteiger partial charge < -0.3 is 5.32 Å². The van der Waals surface area contributed by atoms with Crippen LogP contribution in [0.1, 0.15) is 16.7 Å². The molecule has 1 nitrogen and oxygen atoms in total.